The van der Waals surface area contributed by atoms with Crippen LogP contribution in [0.5, 0.6) is 0 Å². The molecule has 0 fully saturated rings. The maximum Gasteiger partial charge on any atom is 0.341 e. The molecular weight excluding hydrogens is 241 g/mol. The second kappa shape index (κ2) is 5.00. The van der Waals surface area contributed by atoms with Gasteiger partial charge in [0.05, 0.1) is 6.54 Å². The van der Waals surface area contributed by atoms with Gasteiger partial charge in [-0.1, -0.05) is 23.2 Å². The Kier molecular flexibility index (Phi) is 3.94. The zero-order valence-electron chi connectivity index (χ0n) is 7.48. The minimum atomic E-state index is -1.26. The number of allylic oxidation sites excluding steroid dienone is 1. The average Bonchev–Trinajstić information content (AvgIpc) is 2.20. The van der Waals surface area contributed by atoms with E-state index in [0.29, 0.717) is 5.03 Å². The molecule has 1 rings (SSSR count). The van der Waals surface area contributed by atoms with Gasteiger partial charge in [0.15, 0.2) is 5.43 Å². The Morgan fingerprint density at radius 1 is 1.60 bits per heavy atom. The first-order valence-corrected chi connectivity index (χ1v) is 4.74. The van der Waals surface area contributed by atoms with Gasteiger partial charge in [0, 0.05) is 29.0 Å². The summed E-state index contributed by atoms with van der Waals surface area (Å²) in [5, 5.41) is 9.04. The first-order valence-electron chi connectivity index (χ1n) is 3.92. The van der Waals surface area contributed by atoms with E-state index in [9.17, 15) is 9.59 Å². The van der Waals surface area contributed by atoms with Crippen LogP contribution in [0.15, 0.2) is 33.8 Å². The van der Waals surface area contributed by atoms with Crippen molar-refractivity contribution < 1.29 is 9.90 Å². The normalized spacial score (nSPS) is 11.5. The van der Waals surface area contributed by atoms with Crippen LogP contribution in [0, 0.1) is 0 Å². The monoisotopic (exact) mass is 247 g/mol. The SMILES string of the molecule is O=C(O)c1cn(C/C(Cl)=C/Cl)ccc1=O. The van der Waals surface area contributed by atoms with Crippen LogP contribution in [-0.4, -0.2) is 15.6 Å². The third kappa shape index (κ3) is 3.11. The van der Waals surface area contributed by atoms with Gasteiger partial charge in [-0.05, 0) is 0 Å². The van der Waals surface area contributed by atoms with Gasteiger partial charge in [-0.25, -0.2) is 4.79 Å². The fourth-order valence-electron chi connectivity index (χ4n) is 0.994. The number of hydrogen-bond donors (Lipinski definition) is 1. The molecule has 0 radical (unpaired) electrons. The number of aromatic nitrogens is 1. The van der Waals surface area contributed by atoms with E-state index < -0.39 is 11.4 Å². The number of rotatable bonds is 3. The molecule has 15 heavy (non-hydrogen) atoms. The van der Waals surface area contributed by atoms with Crippen LogP contribution in [0.2, 0.25) is 0 Å². The summed E-state index contributed by atoms with van der Waals surface area (Å²) in [5.41, 5.74) is 0.348. The molecule has 1 aromatic heterocycles. The quantitative estimate of drug-likeness (QED) is 0.888. The van der Waals surface area contributed by atoms with Crippen molar-refractivity contribution in [2.45, 2.75) is 6.54 Å². The van der Waals surface area contributed by atoms with Crippen LogP contribution in [0.1, 0.15) is 10.4 Å². The summed E-state index contributed by atoms with van der Waals surface area (Å²) in [6.07, 6.45) is 2.66. The third-order valence-corrected chi connectivity index (χ3v) is 2.26. The Hall–Kier alpha value is -1.26. The highest BCUT2D eigenvalue weighted by Crippen LogP contribution is 2.06. The molecule has 0 saturated heterocycles. The lowest BCUT2D eigenvalue weighted by Crippen LogP contribution is -2.16. The van der Waals surface area contributed by atoms with Crippen LogP contribution in [0.25, 0.3) is 0 Å². The lowest BCUT2D eigenvalue weighted by molar-refractivity contribution is 0.0694. The van der Waals surface area contributed by atoms with E-state index in [-0.39, 0.29) is 12.1 Å². The number of carboxylic acid groups (broad SMARTS) is 1. The summed E-state index contributed by atoms with van der Waals surface area (Å²) in [7, 11) is 0. The summed E-state index contributed by atoms with van der Waals surface area (Å²) in [5.74, 6) is -1.26. The highest BCUT2D eigenvalue weighted by atomic mass is 35.5. The molecule has 0 spiro atoms. The van der Waals surface area contributed by atoms with Crippen molar-refractivity contribution in [3.8, 4) is 0 Å². The van der Waals surface area contributed by atoms with Crippen molar-refractivity contribution in [3.63, 3.8) is 0 Å². The highest BCUT2D eigenvalue weighted by molar-refractivity contribution is 6.36. The van der Waals surface area contributed by atoms with E-state index in [1.54, 1.807) is 0 Å². The number of pyridine rings is 1. The summed E-state index contributed by atoms with van der Waals surface area (Å²) >= 11 is 11.0. The maximum absolute atomic E-state index is 11.1. The third-order valence-electron chi connectivity index (χ3n) is 1.66. The minimum Gasteiger partial charge on any atom is -0.477 e. The van der Waals surface area contributed by atoms with Gasteiger partial charge in [0.25, 0.3) is 0 Å². The molecule has 0 saturated carbocycles. The van der Waals surface area contributed by atoms with Gasteiger partial charge in [-0.15, -0.1) is 0 Å². The summed E-state index contributed by atoms with van der Waals surface area (Å²) in [6.45, 7) is 0.228. The molecule has 0 unspecified atom stereocenters. The van der Waals surface area contributed by atoms with Gasteiger partial charge in [-0.2, -0.15) is 0 Å². The standard InChI is InChI=1S/C9H7Cl2NO3/c10-3-6(11)4-12-2-1-8(13)7(5-12)9(14)15/h1-3,5H,4H2,(H,14,15)/b6-3-. The van der Waals surface area contributed by atoms with Crippen molar-refractivity contribution in [3.05, 3.63) is 44.8 Å². The van der Waals surface area contributed by atoms with Crippen LogP contribution < -0.4 is 5.43 Å². The van der Waals surface area contributed by atoms with Crippen molar-refractivity contribution in [1.82, 2.24) is 4.57 Å². The van der Waals surface area contributed by atoms with Crippen LogP contribution in [0.4, 0.5) is 0 Å². The lowest BCUT2D eigenvalue weighted by atomic mass is 10.3. The number of carboxylic acids is 1. The fourth-order valence-corrected chi connectivity index (χ4v) is 1.20. The van der Waals surface area contributed by atoms with E-state index in [1.807, 2.05) is 0 Å². The molecule has 0 aliphatic heterocycles. The number of nitrogens with zero attached hydrogens (tertiary/aromatic N) is 1. The first-order chi connectivity index (χ1) is 7.04. The van der Waals surface area contributed by atoms with Crippen molar-refractivity contribution in [1.29, 1.82) is 0 Å². The first kappa shape index (κ1) is 11.8. The molecule has 0 aromatic carbocycles. The van der Waals surface area contributed by atoms with E-state index >= 15 is 0 Å². The van der Waals surface area contributed by atoms with E-state index in [0.717, 1.165) is 0 Å². The molecule has 0 aliphatic rings. The fraction of sp³-hybridized carbons (Fsp3) is 0.111. The van der Waals surface area contributed by atoms with Gasteiger partial charge in [-0.3, -0.25) is 4.79 Å². The maximum atomic E-state index is 11.1. The molecule has 1 heterocycles. The largest absolute Gasteiger partial charge is 0.477 e. The molecular formula is C9H7Cl2NO3. The summed E-state index contributed by atoms with van der Waals surface area (Å²) in [6, 6.07) is 1.17. The molecule has 6 heteroatoms. The molecule has 1 N–H and O–H groups in total. The topological polar surface area (TPSA) is 59.3 Å². The molecule has 0 bridgehead atoms. The molecule has 80 valence electrons. The number of aromatic carboxylic acids is 1. The lowest BCUT2D eigenvalue weighted by Gasteiger charge is -2.05. The smallest absolute Gasteiger partial charge is 0.341 e. The summed E-state index contributed by atoms with van der Waals surface area (Å²) in [4.78, 5) is 21.7. The predicted octanol–water partition coefficient (Wildman–Crippen LogP) is 1.87. The molecule has 0 atom stereocenters. The number of halogens is 2. The Balaban J connectivity index is 3.08. The number of hydrogen-bond acceptors (Lipinski definition) is 2. The number of carbonyl (C=O) groups is 1. The van der Waals surface area contributed by atoms with Crippen LogP contribution in [0.3, 0.4) is 0 Å². The van der Waals surface area contributed by atoms with Crippen LogP contribution >= 0.6 is 23.2 Å². The average molecular weight is 248 g/mol. The minimum absolute atomic E-state index is 0.228. The summed E-state index contributed by atoms with van der Waals surface area (Å²) < 4.78 is 1.46. The van der Waals surface area contributed by atoms with Crippen molar-refractivity contribution >= 4 is 29.2 Å². The highest BCUT2D eigenvalue weighted by Gasteiger charge is 2.08. The Bertz CT molecular complexity index is 465. The molecule has 4 nitrogen and oxygen atoms in total. The van der Waals surface area contributed by atoms with Gasteiger partial charge >= 0.3 is 5.97 Å². The van der Waals surface area contributed by atoms with Crippen molar-refractivity contribution in [2.24, 2.45) is 0 Å². The van der Waals surface area contributed by atoms with E-state index in [1.165, 1.54) is 28.6 Å². The van der Waals surface area contributed by atoms with E-state index in [4.69, 9.17) is 28.3 Å². The predicted molar refractivity (Wildman–Crippen MR) is 57.5 cm³/mol. The second-order valence-corrected chi connectivity index (χ2v) is 3.46. The van der Waals surface area contributed by atoms with Crippen LogP contribution in [-0.2, 0) is 6.54 Å². The zero-order chi connectivity index (χ0) is 11.4. The Morgan fingerprint density at radius 2 is 2.27 bits per heavy atom. The van der Waals surface area contributed by atoms with Gasteiger partial charge < -0.3 is 9.67 Å². The second-order valence-electron chi connectivity index (χ2n) is 2.76. The Morgan fingerprint density at radius 3 is 2.80 bits per heavy atom. The zero-order valence-corrected chi connectivity index (χ0v) is 9.00. The Labute approximate surface area is 95.4 Å². The molecule has 0 amide bonds. The van der Waals surface area contributed by atoms with E-state index in [2.05, 4.69) is 0 Å². The van der Waals surface area contributed by atoms with Gasteiger partial charge in [0.2, 0.25) is 0 Å². The molecule has 1 aromatic rings. The van der Waals surface area contributed by atoms with Gasteiger partial charge in [0.1, 0.15) is 5.56 Å². The van der Waals surface area contributed by atoms with Crippen molar-refractivity contribution in [2.75, 3.05) is 0 Å². The molecule has 0 aliphatic carbocycles.